The zero-order valence-corrected chi connectivity index (χ0v) is 45.7. The van der Waals surface area contributed by atoms with E-state index >= 15 is 9.59 Å². The van der Waals surface area contributed by atoms with E-state index < -0.39 is 91.2 Å². The van der Waals surface area contributed by atoms with Crippen molar-refractivity contribution in [3.05, 3.63) is 173 Å². The number of nitrogens with one attached hydrogen (secondary N) is 3. The number of carbonyl (C=O) groups excluding carboxylic acids is 6. The molecule has 79 heavy (non-hydrogen) atoms. The van der Waals surface area contributed by atoms with Crippen LogP contribution in [0.1, 0.15) is 91.1 Å². The number of amides is 5. The molecule has 6 N–H and O–H groups in total. The maximum Gasteiger partial charge on any atom is 0.410 e. The predicted molar refractivity (Wildman–Crippen MR) is 299 cm³/mol. The van der Waals surface area contributed by atoms with Gasteiger partial charge in [0.25, 0.3) is 0 Å². The van der Waals surface area contributed by atoms with Gasteiger partial charge in [0.05, 0.1) is 36.8 Å². The lowest BCUT2D eigenvalue weighted by atomic mass is 9.76. The largest absolute Gasteiger partial charge is 0.494 e. The van der Waals surface area contributed by atoms with Gasteiger partial charge in [0.1, 0.15) is 23.4 Å². The first-order valence-electron chi connectivity index (χ1n) is 26.4. The van der Waals surface area contributed by atoms with Crippen molar-refractivity contribution in [1.82, 2.24) is 25.8 Å². The number of carboxylic acid groups (broad SMARTS) is 1. The highest BCUT2D eigenvalue weighted by Gasteiger charge is 2.44. The number of ether oxygens (including phenoxy) is 3. The number of halogens is 1. The fourth-order valence-electron chi connectivity index (χ4n) is 9.63. The van der Waals surface area contributed by atoms with E-state index in [-0.39, 0.29) is 29.4 Å². The van der Waals surface area contributed by atoms with Crippen LogP contribution in [0.15, 0.2) is 140 Å². The summed E-state index contributed by atoms with van der Waals surface area (Å²) < 4.78 is 29.7. The number of likely N-dealkylation sites (tertiary alicyclic amines) is 1. The summed E-state index contributed by atoms with van der Waals surface area (Å²) in [6.45, 7) is 4.51. The van der Waals surface area contributed by atoms with Crippen molar-refractivity contribution in [2.45, 2.75) is 95.0 Å². The summed E-state index contributed by atoms with van der Waals surface area (Å²) in [4.78, 5) is 99.3. The maximum absolute atomic E-state index is 15.6. The first-order valence-corrected chi connectivity index (χ1v) is 27.0. The highest BCUT2D eigenvalue weighted by atomic mass is 32.1. The lowest BCUT2D eigenvalue weighted by molar-refractivity contribution is -0.153. The number of aliphatic carboxylic acids is 1. The van der Waals surface area contributed by atoms with E-state index in [1.54, 1.807) is 29.2 Å². The summed E-state index contributed by atoms with van der Waals surface area (Å²) in [6.07, 6.45) is 3.41. The predicted octanol–water partition coefficient (Wildman–Crippen LogP) is 7.00. The van der Waals surface area contributed by atoms with Gasteiger partial charge in [-0.3, -0.25) is 29.4 Å². The van der Waals surface area contributed by atoms with E-state index in [4.69, 9.17) is 19.9 Å². The first-order chi connectivity index (χ1) is 38.0. The molecule has 1 heterocycles. The molecule has 0 radical (unpaired) electrons. The van der Waals surface area contributed by atoms with E-state index in [0.29, 0.717) is 58.5 Å². The number of alkyl halides is 1. The Bertz CT molecular complexity index is 2720. The summed E-state index contributed by atoms with van der Waals surface area (Å²) in [5, 5.41) is 19.1. The number of piperidine rings is 1. The Balaban J connectivity index is 1.27. The second kappa shape index (κ2) is 29.4. The number of hydrogen-bond donors (Lipinski definition) is 6. The second-order valence-corrected chi connectivity index (χ2v) is 20.6. The third-order valence-corrected chi connectivity index (χ3v) is 14.0. The van der Waals surface area contributed by atoms with Crippen LogP contribution in [0.2, 0.25) is 0 Å². The highest BCUT2D eigenvalue weighted by Crippen LogP contribution is 2.38. The Kier molecular flexibility index (Phi) is 22.5. The van der Waals surface area contributed by atoms with Crippen molar-refractivity contribution in [3.63, 3.8) is 0 Å². The summed E-state index contributed by atoms with van der Waals surface area (Å²) in [5.74, 6) is -5.72. The SMILES string of the molecule is CC(C)(C)OC(=O)N1CCC(CCCCOc2ccc(CC(NC(=O)C(Cc3ccccc3C(=O)OCF)N(C(=O)CNC(=O)CN)C(=O)C(CS)NC(c3ccccc3)(c3ccccc3)c3ccccc3)C(=O)O)cc2)CC1. The number of rotatable bonds is 26. The average molecular weight is 1100 g/mol. The molecule has 0 bridgehead atoms. The number of carboxylic acids is 1. The molecule has 6 rings (SSSR count). The number of nitrogens with two attached hydrogens (primary N) is 1. The van der Waals surface area contributed by atoms with E-state index in [9.17, 15) is 33.5 Å². The Morgan fingerprint density at radius 1 is 0.772 bits per heavy atom. The number of unbranched alkanes of at least 4 members (excludes halogenated alkanes) is 1. The molecule has 3 atom stereocenters. The molecule has 0 saturated carbocycles. The average Bonchev–Trinajstić information content (AvgIpc) is 3.53. The molecule has 5 aromatic carbocycles. The molecule has 1 aliphatic rings. The van der Waals surface area contributed by atoms with Crippen molar-refractivity contribution >= 4 is 54.3 Å². The van der Waals surface area contributed by atoms with Crippen LogP contribution in [-0.2, 0) is 51.8 Å². The Labute approximate surface area is 466 Å². The van der Waals surface area contributed by atoms with Gasteiger partial charge in [-0.1, -0.05) is 128 Å². The van der Waals surface area contributed by atoms with Crippen LogP contribution in [0.4, 0.5) is 9.18 Å². The number of nitrogens with zero attached hydrogens (tertiary/aromatic N) is 2. The third kappa shape index (κ3) is 16.9. The van der Waals surface area contributed by atoms with Crippen LogP contribution in [0.5, 0.6) is 5.75 Å². The van der Waals surface area contributed by atoms with Crippen molar-refractivity contribution in [3.8, 4) is 5.75 Å². The fraction of sp³-hybridized carbons (Fsp3) is 0.383. The van der Waals surface area contributed by atoms with E-state index in [1.807, 2.05) is 112 Å². The van der Waals surface area contributed by atoms with Crippen molar-refractivity contribution < 1.29 is 57.3 Å². The quantitative estimate of drug-likeness (QED) is 0.0142. The van der Waals surface area contributed by atoms with Gasteiger partial charge in [-0.05, 0) is 98.4 Å². The van der Waals surface area contributed by atoms with Crippen molar-refractivity contribution in [2.24, 2.45) is 11.7 Å². The topological polar surface area (TPSA) is 236 Å². The minimum atomic E-state index is -1.92. The number of carbonyl (C=O) groups is 7. The number of hydrogen-bond acceptors (Lipinski definition) is 13. The molecule has 1 fully saturated rings. The molecule has 19 heteroatoms. The molecule has 0 aliphatic carbocycles. The number of imide groups is 1. The van der Waals surface area contributed by atoms with Gasteiger partial charge < -0.3 is 40.6 Å². The molecule has 17 nitrogen and oxygen atoms in total. The standard InChI is InChI=1S/C60H71FN6O11S/c1-59(2,3)78-58(75)66-32-30-41(31-33-66)17-15-16-34-76-47-28-26-42(27-29-47)35-49(56(72)73)64-54(70)51(36-43-18-13-14-25-48(43)57(74)77-40-61)67(53(69)38-63-52(68)37-62)55(71)50(39-79)65-60(44-19-7-4-8-20-44,45-21-9-5-10-22-45)46-23-11-6-12-24-46/h4-14,18-29,41,49-51,65,79H,15-17,30-40,62H2,1-3H3,(H,63,68)(H,64,70)(H,72,73). The summed E-state index contributed by atoms with van der Waals surface area (Å²) in [5.41, 5.74) is 6.17. The highest BCUT2D eigenvalue weighted by molar-refractivity contribution is 7.80. The summed E-state index contributed by atoms with van der Waals surface area (Å²) in [6, 6.07) is 35.3. The van der Waals surface area contributed by atoms with Gasteiger partial charge in [-0.2, -0.15) is 12.6 Å². The Morgan fingerprint density at radius 2 is 1.34 bits per heavy atom. The van der Waals surface area contributed by atoms with Crippen LogP contribution >= 0.6 is 12.6 Å². The van der Waals surface area contributed by atoms with Gasteiger partial charge in [0.15, 0.2) is 0 Å². The molecule has 1 aliphatic heterocycles. The van der Waals surface area contributed by atoms with Crippen LogP contribution < -0.4 is 26.4 Å². The van der Waals surface area contributed by atoms with Crippen molar-refractivity contribution in [2.75, 3.05) is 45.4 Å². The van der Waals surface area contributed by atoms with Crippen LogP contribution in [-0.4, -0.2) is 126 Å². The number of esters is 1. The molecule has 0 spiro atoms. The monoisotopic (exact) mass is 1100 g/mol. The molecular weight excluding hydrogens is 1030 g/mol. The van der Waals surface area contributed by atoms with Crippen LogP contribution in [0.25, 0.3) is 0 Å². The third-order valence-electron chi connectivity index (χ3n) is 13.6. The summed E-state index contributed by atoms with van der Waals surface area (Å²) >= 11 is 4.66. The number of thiol groups is 1. The van der Waals surface area contributed by atoms with E-state index in [0.717, 1.165) is 32.1 Å². The molecule has 0 aromatic heterocycles. The van der Waals surface area contributed by atoms with Gasteiger partial charge in [0.2, 0.25) is 30.5 Å². The fourth-order valence-corrected chi connectivity index (χ4v) is 9.87. The van der Waals surface area contributed by atoms with Crippen LogP contribution in [0, 0.1) is 5.92 Å². The molecule has 420 valence electrons. The van der Waals surface area contributed by atoms with Crippen LogP contribution in [0.3, 0.4) is 0 Å². The molecular formula is C60H71FN6O11S. The minimum absolute atomic E-state index is 0.0448. The Morgan fingerprint density at radius 3 is 1.87 bits per heavy atom. The number of benzene rings is 5. The smallest absolute Gasteiger partial charge is 0.410 e. The molecule has 1 saturated heterocycles. The normalized spacial score (nSPS) is 14.0. The molecule has 5 amide bonds. The van der Waals surface area contributed by atoms with Gasteiger partial charge in [-0.25, -0.2) is 18.8 Å². The van der Waals surface area contributed by atoms with Crippen molar-refractivity contribution in [1.29, 1.82) is 0 Å². The van der Waals surface area contributed by atoms with Gasteiger partial charge >= 0.3 is 18.0 Å². The molecule has 5 aromatic rings. The van der Waals surface area contributed by atoms with Gasteiger partial charge in [0, 0.05) is 31.7 Å². The molecule has 3 unspecified atom stereocenters. The van der Waals surface area contributed by atoms with Gasteiger partial charge in [-0.15, -0.1) is 0 Å². The minimum Gasteiger partial charge on any atom is -0.494 e. The summed E-state index contributed by atoms with van der Waals surface area (Å²) in [7, 11) is 0. The van der Waals surface area contributed by atoms with E-state index in [2.05, 4.69) is 28.6 Å². The zero-order chi connectivity index (χ0) is 57.0. The lowest BCUT2D eigenvalue weighted by Crippen LogP contribution is -2.63. The Hall–Kier alpha value is -7.61. The van der Waals surface area contributed by atoms with E-state index in [1.165, 1.54) is 24.3 Å². The zero-order valence-electron chi connectivity index (χ0n) is 44.8. The maximum atomic E-state index is 15.6. The second-order valence-electron chi connectivity index (χ2n) is 20.2. The lowest BCUT2D eigenvalue weighted by Gasteiger charge is -2.41. The first kappa shape index (κ1) is 60.6.